The lowest BCUT2D eigenvalue weighted by atomic mass is 10.2. The van der Waals surface area contributed by atoms with Crippen molar-refractivity contribution in [1.29, 1.82) is 0 Å². The van der Waals surface area contributed by atoms with Crippen LogP contribution < -0.4 is 5.32 Å². The number of ketones is 1. The van der Waals surface area contributed by atoms with Crippen molar-refractivity contribution in [2.75, 3.05) is 0 Å². The molecule has 0 atom stereocenters. The van der Waals surface area contributed by atoms with Crippen molar-refractivity contribution in [1.82, 2.24) is 10.3 Å². The number of rotatable bonds is 6. The van der Waals surface area contributed by atoms with Crippen LogP contribution in [-0.2, 0) is 13.0 Å². The predicted octanol–water partition coefficient (Wildman–Crippen LogP) is 3.60. The van der Waals surface area contributed by atoms with E-state index in [1.165, 1.54) is 18.3 Å². The van der Waals surface area contributed by atoms with Crippen LogP contribution in [0, 0.1) is 6.92 Å². The Morgan fingerprint density at radius 2 is 2.14 bits per heavy atom. The number of carbonyl (C=O) groups excluding carboxylic acids is 2. The van der Waals surface area contributed by atoms with E-state index < -0.39 is 0 Å². The van der Waals surface area contributed by atoms with Crippen molar-refractivity contribution < 1.29 is 9.59 Å². The molecule has 0 radical (unpaired) electrons. The second-order valence-corrected chi connectivity index (χ2v) is 6.88. The number of thiazole rings is 1. The first-order chi connectivity index (χ1) is 10.0. The molecule has 0 aliphatic carbocycles. The summed E-state index contributed by atoms with van der Waals surface area (Å²) in [5, 5.41) is 5.73. The number of aryl methyl sites for hydroxylation is 2. The van der Waals surface area contributed by atoms with Crippen molar-refractivity contribution in [3.63, 3.8) is 0 Å². The number of hydrogen-bond acceptors (Lipinski definition) is 5. The third-order valence-electron chi connectivity index (χ3n) is 3.02. The second-order valence-electron chi connectivity index (χ2n) is 4.80. The molecule has 2 heterocycles. The fourth-order valence-electron chi connectivity index (χ4n) is 1.88. The smallest absolute Gasteiger partial charge is 0.252 e. The first-order valence-electron chi connectivity index (χ1n) is 6.84. The molecule has 0 bridgehead atoms. The van der Waals surface area contributed by atoms with Crippen LogP contribution in [0.15, 0.2) is 11.4 Å². The van der Waals surface area contributed by atoms with Gasteiger partial charge in [0.2, 0.25) is 0 Å². The highest BCUT2D eigenvalue weighted by atomic mass is 32.1. The minimum atomic E-state index is -0.149. The zero-order valence-corrected chi connectivity index (χ0v) is 14.0. The van der Waals surface area contributed by atoms with Crippen LogP contribution in [0.5, 0.6) is 0 Å². The monoisotopic (exact) mass is 322 g/mol. The molecule has 0 fully saturated rings. The summed E-state index contributed by atoms with van der Waals surface area (Å²) in [5.74, 6) is -0.162. The van der Waals surface area contributed by atoms with Crippen LogP contribution in [-0.4, -0.2) is 16.7 Å². The molecule has 0 aliphatic heterocycles. The van der Waals surface area contributed by atoms with Crippen LogP contribution in [0.4, 0.5) is 0 Å². The number of hydrogen-bond donors (Lipinski definition) is 1. The Morgan fingerprint density at radius 3 is 2.76 bits per heavy atom. The largest absolute Gasteiger partial charge is 0.347 e. The molecular weight excluding hydrogens is 304 g/mol. The molecule has 2 aromatic rings. The highest BCUT2D eigenvalue weighted by Gasteiger charge is 2.12. The molecule has 21 heavy (non-hydrogen) atoms. The molecule has 0 aromatic carbocycles. The van der Waals surface area contributed by atoms with Gasteiger partial charge < -0.3 is 5.32 Å². The van der Waals surface area contributed by atoms with Gasteiger partial charge in [0.05, 0.1) is 27.7 Å². The van der Waals surface area contributed by atoms with Gasteiger partial charge >= 0.3 is 0 Å². The molecule has 1 amide bonds. The predicted molar refractivity (Wildman–Crippen MR) is 86.3 cm³/mol. The fraction of sp³-hybridized carbons (Fsp3) is 0.400. The molecule has 112 valence electrons. The molecule has 0 unspecified atom stereocenters. The Kier molecular flexibility index (Phi) is 5.25. The van der Waals surface area contributed by atoms with Crippen LogP contribution >= 0.6 is 22.7 Å². The summed E-state index contributed by atoms with van der Waals surface area (Å²) in [5.41, 5.74) is 1.53. The Morgan fingerprint density at radius 1 is 1.38 bits per heavy atom. The molecule has 4 nitrogen and oxygen atoms in total. The van der Waals surface area contributed by atoms with Gasteiger partial charge in [-0.05, 0) is 32.8 Å². The average Bonchev–Trinajstić information content (AvgIpc) is 3.04. The molecular formula is C15H18N2O2S2. The number of thiophene rings is 1. The van der Waals surface area contributed by atoms with Gasteiger partial charge in [0, 0.05) is 10.3 Å². The lowest BCUT2D eigenvalue weighted by Gasteiger charge is -2.02. The molecule has 0 spiro atoms. The number of Topliss-reactive ketones (excluding diaryl/α,β-unsaturated/α-hetero) is 1. The normalized spacial score (nSPS) is 10.6. The van der Waals surface area contributed by atoms with Gasteiger partial charge in [0.15, 0.2) is 5.78 Å². The zero-order valence-electron chi connectivity index (χ0n) is 12.4. The molecule has 2 aromatic heterocycles. The maximum absolute atomic E-state index is 12.1. The van der Waals surface area contributed by atoms with E-state index in [4.69, 9.17) is 0 Å². The van der Waals surface area contributed by atoms with E-state index in [0.717, 1.165) is 28.4 Å². The average molecular weight is 322 g/mol. The zero-order chi connectivity index (χ0) is 15.4. The SMILES string of the molecule is CCCc1nc(C)c(CNC(=O)c2csc(C(C)=O)c2)s1. The van der Waals surface area contributed by atoms with Crippen molar-refractivity contribution in [3.8, 4) is 0 Å². The van der Waals surface area contributed by atoms with Crippen LogP contribution in [0.3, 0.4) is 0 Å². The van der Waals surface area contributed by atoms with Crippen molar-refractivity contribution >= 4 is 34.4 Å². The summed E-state index contributed by atoms with van der Waals surface area (Å²) in [6, 6.07) is 1.64. The summed E-state index contributed by atoms with van der Waals surface area (Å²) in [4.78, 5) is 29.5. The molecule has 1 N–H and O–H groups in total. The standard InChI is InChI=1S/C15H18N2O2S2/c1-4-5-14-17-9(2)13(21-14)7-16-15(19)11-6-12(10(3)18)20-8-11/h6,8H,4-5,7H2,1-3H3,(H,16,19). The van der Waals surface area contributed by atoms with Gasteiger partial charge in [-0.15, -0.1) is 22.7 Å². The molecule has 6 heteroatoms. The summed E-state index contributed by atoms with van der Waals surface area (Å²) < 4.78 is 0. The maximum atomic E-state index is 12.1. The minimum Gasteiger partial charge on any atom is -0.347 e. The number of nitrogens with zero attached hydrogens (tertiary/aromatic N) is 1. The van der Waals surface area contributed by atoms with E-state index >= 15 is 0 Å². The topological polar surface area (TPSA) is 59.1 Å². The van der Waals surface area contributed by atoms with Crippen molar-refractivity contribution in [2.24, 2.45) is 0 Å². The Bertz CT molecular complexity index is 658. The number of amides is 1. The van der Waals surface area contributed by atoms with Gasteiger partial charge in [-0.1, -0.05) is 6.92 Å². The van der Waals surface area contributed by atoms with E-state index in [-0.39, 0.29) is 11.7 Å². The first-order valence-corrected chi connectivity index (χ1v) is 8.53. The lowest BCUT2D eigenvalue weighted by molar-refractivity contribution is 0.0951. The Balaban J connectivity index is 1.98. The summed E-state index contributed by atoms with van der Waals surface area (Å²) in [6.07, 6.45) is 2.05. The first kappa shape index (κ1) is 15.9. The van der Waals surface area contributed by atoms with Crippen molar-refractivity contribution in [2.45, 2.75) is 40.2 Å². The van der Waals surface area contributed by atoms with Gasteiger partial charge in [0.1, 0.15) is 0 Å². The van der Waals surface area contributed by atoms with Crippen LogP contribution in [0.1, 0.15) is 55.9 Å². The number of carbonyl (C=O) groups is 2. The highest BCUT2D eigenvalue weighted by Crippen LogP contribution is 2.20. The Labute approximate surface area is 132 Å². The maximum Gasteiger partial charge on any atom is 0.252 e. The summed E-state index contributed by atoms with van der Waals surface area (Å²) in [6.45, 7) is 6.08. The minimum absolute atomic E-state index is 0.0124. The van der Waals surface area contributed by atoms with Gasteiger partial charge in [-0.3, -0.25) is 9.59 Å². The fourth-order valence-corrected chi connectivity index (χ4v) is 3.78. The second kappa shape index (κ2) is 6.95. The molecule has 0 saturated heterocycles. The lowest BCUT2D eigenvalue weighted by Crippen LogP contribution is -2.22. The van der Waals surface area contributed by atoms with E-state index in [2.05, 4.69) is 17.2 Å². The third kappa shape index (κ3) is 3.98. The quantitative estimate of drug-likeness (QED) is 0.827. The number of nitrogens with one attached hydrogen (secondary N) is 1. The van der Waals surface area contributed by atoms with Gasteiger partial charge in [-0.2, -0.15) is 0 Å². The third-order valence-corrected chi connectivity index (χ3v) is 5.27. The summed E-state index contributed by atoms with van der Waals surface area (Å²) >= 11 is 2.96. The van der Waals surface area contributed by atoms with Crippen LogP contribution in [0.2, 0.25) is 0 Å². The Hall–Kier alpha value is -1.53. The van der Waals surface area contributed by atoms with Gasteiger partial charge in [-0.25, -0.2) is 4.98 Å². The number of aromatic nitrogens is 1. The van der Waals surface area contributed by atoms with E-state index in [1.807, 2.05) is 6.92 Å². The van der Waals surface area contributed by atoms with E-state index in [1.54, 1.807) is 22.8 Å². The molecule has 0 saturated carbocycles. The van der Waals surface area contributed by atoms with Gasteiger partial charge in [0.25, 0.3) is 5.91 Å². The highest BCUT2D eigenvalue weighted by molar-refractivity contribution is 7.12. The molecule has 2 rings (SSSR count). The van der Waals surface area contributed by atoms with Crippen molar-refractivity contribution in [3.05, 3.63) is 37.5 Å². The van der Waals surface area contributed by atoms with Crippen LogP contribution in [0.25, 0.3) is 0 Å². The molecule has 0 aliphatic rings. The van der Waals surface area contributed by atoms with E-state index in [0.29, 0.717) is 17.0 Å². The van der Waals surface area contributed by atoms with E-state index in [9.17, 15) is 9.59 Å². The summed E-state index contributed by atoms with van der Waals surface area (Å²) in [7, 11) is 0.